The molecule has 0 spiro atoms. The summed E-state index contributed by atoms with van der Waals surface area (Å²) >= 11 is 2.09. The molecule has 51 heavy (non-hydrogen) atoms. The zero-order valence-corrected chi connectivity index (χ0v) is 29.5. The minimum Gasteiger partial charge on any atom is -0.448 e. The third kappa shape index (κ3) is 7.64. The molecule has 0 saturated carbocycles. The Bertz CT molecular complexity index is 2100. The molecule has 0 aliphatic carbocycles. The first-order valence-corrected chi connectivity index (χ1v) is 18.5. The quantitative estimate of drug-likeness (QED) is 0.0535. The standard InChI is InChI=1S/C34H30N6O8S3/c1-20-13-15-24(16-14-20)51(44,45)47-18-17-23-19-49-32-26(36-30(41)25(38-46-2)29-37-34(35)50-39-29)31(42)40(32)27(23)33(43)48-28(21-9-5-3-6-10-21)22-11-7-4-8-12-22/h3-18,26,28,32H,19H2,1-2H3,(H,36,41)(H2,35,37,39)/t26?,32-/m1/s1. The number of anilines is 1. The van der Waals surface area contributed by atoms with Gasteiger partial charge in [-0.3, -0.25) is 14.5 Å². The number of thioether (sulfide) groups is 1. The molecule has 1 unspecified atom stereocenters. The third-order valence-corrected chi connectivity index (χ3v) is 10.8. The SMILES string of the molecule is CON=C(C(=O)NC1C(=O)N2C(C(=O)OC(c3ccccc3)c3ccccc3)=C(C=COS(=O)(=O)c3ccc(C)cc3)CS[C@H]12)c1nsc(N)n1. The van der Waals surface area contributed by atoms with E-state index in [-0.39, 0.29) is 38.6 Å². The lowest BCUT2D eigenvalue weighted by atomic mass is 10.0. The number of fused-ring (bicyclic) bond motifs is 1. The number of nitrogens with one attached hydrogen (secondary N) is 1. The summed E-state index contributed by atoms with van der Waals surface area (Å²) in [7, 11) is -2.95. The first-order chi connectivity index (χ1) is 24.6. The van der Waals surface area contributed by atoms with Crippen LogP contribution in [0.4, 0.5) is 5.13 Å². The van der Waals surface area contributed by atoms with Crippen LogP contribution in [0.15, 0.2) is 119 Å². The molecule has 1 fully saturated rings. The van der Waals surface area contributed by atoms with Crippen LogP contribution in [0.25, 0.3) is 0 Å². The minimum atomic E-state index is -4.18. The second kappa shape index (κ2) is 15.2. The number of hydrogen-bond donors (Lipinski definition) is 2. The molecule has 0 radical (unpaired) electrons. The van der Waals surface area contributed by atoms with Crippen LogP contribution in [0, 0.1) is 6.92 Å². The Morgan fingerprint density at radius 2 is 1.69 bits per heavy atom. The van der Waals surface area contributed by atoms with E-state index in [9.17, 15) is 22.8 Å². The predicted molar refractivity (Wildman–Crippen MR) is 189 cm³/mol. The number of rotatable bonds is 12. The number of aromatic nitrogens is 2. The molecular formula is C34H30N6O8S3. The Labute approximate surface area is 301 Å². The molecule has 3 aromatic carbocycles. The molecule has 1 saturated heterocycles. The first-order valence-electron chi connectivity index (χ1n) is 15.2. The molecule has 4 aromatic rings. The molecule has 14 nitrogen and oxygen atoms in total. The lowest BCUT2D eigenvalue weighted by Gasteiger charge is -2.49. The molecule has 2 aliphatic heterocycles. The number of β-lactam (4-membered cyclic amide) rings is 1. The second-order valence-electron chi connectivity index (χ2n) is 11.1. The molecule has 2 aliphatic rings. The van der Waals surface area contributed by atoms with Gasteiger partial charge in [0.05, 0.1) is 0 Å². The number of allylic oxidation sites excluding steroid dienone is 1. The Morgan fingerprint density at radius 1 is 1.04 bits per heavy atom. The number of aryl methyl sites for hydroxylation is 1. The maximum atomic E-state index is 14.2. The van der Waals surface area contributed by atoms with Crippen LogP contribution in [0.2, 0.25) is 0 Å². The van der Waals surface area contributed by atoms with E-state index < -0.39 is 45.4 Å². The molecule has 262 valence electrons. The fourth-order valence-corrected chi connectivity index (χ4v) is 7.80. The smallest absolute Gasteiger partial charge is 0.356 e. The van der Waals surface area contributed by atoms with Crippen molar-refractivity contribution >= 4 is 62.0 Å². The van der Waals surface area contributed by atoms with Gasteiger partial charge in [0.1, 0.15) is 35.4 Å². The van der Waals surface area contributed by atoms with Crippen LogP contribution in [0.3, 0.4) is 0 Å². The van der Waals surface area contributed by atoms with Gasteiger partial charge >= 0.3 is 16.1 Å². The van der Waals surface area contributed by atoms with Crippen LogP contribution in [-0.4, -0.2) is 70.4 Å². The average Bonchev–Trinajstić information content (AvgIpc) is 3.57. The van der Waals surface area contributed by atoms with Gasteiger partial charge in [-0.1, -0.05) is 83.5 Å². The number of nitrogens with two attached hydrogens (primary N) is 1. The van der Waals surface area contributed by atoms with Gasteiger partial charge in [0.2, 0.25) is 11.5 Å². The number of nitrogen functional groups attached to an aromatic ring is 1. The molecule has 3 heterocycles. The van der Waals surface area contributed by atoms with Crippen molar-refractivity contribution < 1.29 is 36.6 Å². The average molecular weight is 747 g/mol. The van der Waals surface area contributed by atoms with E-state index in [1.807, 2.05) is 67.6 Å². The van der Waals surface area contributed by atoms with Crippen molar-refractivity contribution in [2.45, 2.75) is 29.3 Å². The van der Waals surface area contributed by atoms with Crippen molar-refractivity contribution in [2.75, 3.05) is 18.6 Å². The maximum absolute atomic E-state index is 14.2. The monoisotopic (exact) mass is 746 g/mol. The summed E-state index contributed by atoms with van der Waals surface area (Å²) in [4.78, 5) is 51.2. The van der Waals surface area contributed by atoms with Crippen LogP contribution in [-0.2, 0) is 38.3 Å². The van der Waals surface area contributed by atoms with E-state index in [0.717, 1.165) is 23.4 Å². The van der Waals surface area contributed by atoms with Crippen LogP contribution < -0.4 is 11.1 Å². The molecule has 0 bridgehead atoms. The minimum absolute atomic E-state index is 0.0542. The zero-order valence-electron chi connectivity index (χ0n) is 27.0. The molecule has 3 N–H and O–H groups in total. The number of benzene rings is 3. The number of esters is 1. The third-order valence-electron chi connectivity index (χ3n) is 7.72. The Balaban J connectivity index is 1.31. The second-order valence-corrected chi connectivity index (χ2v) is 14.5. The highest BCUT2D eigenvalue weighted by molar-refractivity contribution is 8.00. The Hall–Kier alpha value is -5.52. The Morgan fingerprint density at radius 3 is 2.27 bits per heavy atom. The molecule has 2 amide bonds. The summed E-state index contributed by atoms with van der Waals surface area (Å²) < 4.78 is 41.0. The van der Waals surface area contributed by atoms with E-state index >= 15 is 0 Å². The summed E-state index contributed by atoms with van der Waals surface area (Å²) in [5.74, 6) is -2.22. The number of amides is 2. The van der Waals surface area contributed by atoms with Gasteiger partial charge < -0.3 is 24.8 Å². The van der Waals surface area contributed by atoms with E-state index in [0.29, 0.717) is 11.1 Å². The lowest BCUT2D eigenvalue weighted by Crippen LogP contribution is -2.71. The van der Waals surface area contributed by atoms with Crippen molar-refractivity contribution in [1.82, 2.24) is 19.6 Å². The summed E-state index contributed by atoms with van der Waals surface area (Å²) in [6.45, 7) is 1.83. The van der Waals surface area contributed by atoms with Crippen molar-refractivity contribution in [3.8, 4) is 0 Å². The molecular weight excluding hydrogens is 717 g/mol. The van der Waals surface area contributed by atoms with E-state index in [1.165, 1.54) is 42.0 Å². The van der Waals surface area contributed by atoms with Gasteiger partial charge in [-0.2, -0.15) is 17.8 Å². The normalized spacial score (nSPS) is 17.6. The van der Waals surface area contributed by atoms with E-state index in [4.69, 9.17) is 19.5 Å². The number of carbonyl (C=O) groups is 3. The van der Waals surface area contributed by atoms with Gasteiger partial charge in [0.25, 0.3) is 11.8 Å². The fraction of sp³-hybridized carbons (Fsp3) is 0.176. The van der Waals surface area contributed by atoms with Crippen molar-refractivity contribution in [3.63, 3.8) is 0 Å². The number of oxime groups is 1. The van der Waals surface area contributed by atoms with Gasteiger partial charge in [-0.15, -0.1) is 11.8 Å². The highest BCUT2D eigenvalue weighted by atomic mass is 32.2. The Kier molecular flexibility index (Phi) is 10.5. The maximum Gasteiger partial charge on any atom is 0.356 e. The van der Waals surface area contributed by atoms with E-state index in [1.54, 1.807) is 12.1 Å². The van der Waals surface area contributed by atoms with Crippen LogP contribution >= 0.6 is 23.3 Å². The number of carbonyl (C=O) groups excluding carboxylic acids is 3. The van der Waals surface area contributed by atoms with Gasteiger partial charge in [0.15, 0.2) is 11.2 Å². The summed E-state index contributed by atoms with van der Waals surface area (Å²) in [5, 5.41) is 5.72. The van der Waals surface area contributed by atoms with Crippen molar-refractivity contribution in [2.24, 2.45) is 5.16 Å². The van der Waals surface area contributed by atoms with Gasteiger partial charge in [-0.25, -0.2) is 4.79 Å². The summed E-state index contributed by atoms with van der Waals surface area (Å²) in [6, 6.07) is 23.2. The number of nitrogens with zero attached hydrogens (tertiary/aromatic N) is 4. The fourth-order valence-electron chi connectivity index (χ4n) is 5.27. The number of hydrogen-bond acceptors (Lipinski definition) is 14. The van der Waals surface area contributed by atoms with E-state index in [2.05, 4.69) is 19.8 Å². The molecule has 6 rings (SSSR count). The molecule has 17 heteroatoms. The summed E-state index contributed by atoms with van der Waals surface area (Å²) in [5.41, 5.74) is 7.76. The number of ether oxygens (including phenoxy) is 1. The molecule has 1 aromatic heterocycles. The zero-order chi connectivity index (χ0) is 36.1. The summed E-state index contributed by atoms with van der Waals surface area (Å²) in [6.07, 6.45) is 1.42. The largest absolute Gasteiger partial charge is 0.448 e. The van der Waals surface area contributed by atoms with Gasteiger partial charge in [0, 0.05) is 17.3 Å². The topological polar surface area (TPSA) is 192 Å². The highest BCUT2D eigenvalue weighted by Crippen LogP contribution is 2.42. The first kappa shape index (κ1) is 35.3. The van der Waals surface area contributed by atoms with Crippen LogP contribution in [0.5, 0.6) is 0 Å². The van der Waals surface area contributed by atoms with Gasteiger partial charge in [-0.05, 0) is 41.8 Å². The van der Waals surface area contributed by atoms with Crippen LogP contribution in [0.1, 0.15) is 28.6 Å². The van der Waals surface area contributed by atoms with Crippen molar-refractivity contribution in [3.05, 3.63) is 131 Å². The molecule has 2 atom stereocenters. The lowest BCUT2D eigenvalue weighted by molar-refractivity contribution is -0.154. The highest BCUT2D eigenvalue weighted by Gasteiger charge is 2.55. The van der Waals surface area contributed by atoms with Crippen molar-refractivity contribution in [1.29, 1.82) is 0 Å². The predicted octanol–water partition coefficient (Wildman–Crippen LogP) is 3.69.